The van der Waals surface area contributed by atoms with E-state index in [4.69, 9.17) is 4.42 Å². The Labute approximate surface area is 116 Å². The van der Waals surface area contributed by atoms with Gasteiger partial charge in [-0.2, -0.15) is 4.98 Å². The molecule has 0 spiro atoms. The van der Waals surface area contributed by atoms with Gasteiger partial charge in [0.15, 0.2) is 11.1 Å². The van der Waals surface area contributed by atoms with Crippen LogP contribution in [0.5, 0.6) is 0 Å². The Morgan fingerprint density at radius 3 is 2.90 bits per heavy atom. The monoisotopic (exact) mass is 275 g/mol. The number of rotatable bonds is 4. The molecule has 0 radical (unpaired) electrons. The molecular weight excluding hydrogens is 258 g/mol. The molecule has 1 aromatic carbocycles. The van der Waals surface area contributed by atoms with E-state index in [2.05, 4.69) is 17.2 Å². The van der Waals surface area contributed by atoms with E-state index in [1.807, 2.05) is 0 Å². The van der Waals surface area contributed by atoms with Crippen LogP contribution in [0.2, 0.25) is 0 Å². The molecule has 0 bridgehead atoms. The van der Waals surface area contributed by atoms with Crippen LogP contribution in [-0.4, -0.2) is 15.9 Å². The van der Waals surface area contributed by atoms with Crippen molar-refractivity contribution < 1.29 is 9.34 Å². The molecule has 1 saturated carbocycles. The normalized spacial score (nSPS) is 17.4. The molecule has 1 aliphatic rings. The van der Waals surface area contributed by atoms with Crippen molar-refractivity contribution in [3.05, 3.63) is 28.3 Å². The SMILES string of the molecule is CC(Nc1nc2c([N+](=O)[O-])cccc2o1)C1CCCC1. The third kappa shape index (κ3) is 2.33. The maximum atomic E-state index is 11.0. The Kier molecular flexibility index (Phi) is 3.30. The first-order valence-corrected chi connectivity index (χ1v) is 6.95. The lowest BCUT2D eigenvalue weighted by molar-refractivity contribution is -0.383. The summed E-state index contributed by atoms with van der Waals surface area (Å²) in [6.45, 7) is 2.11. The largest absolute Gasteiger partial charge is 0.423 e. The van der Waals surface area contributed by atoms with Crippen molar-refractivity contribution in [2.45, 2.75) is 38.6 Å². The van der Waals surface area contributed by atoms with Crippen LogP contribution in [0.4, 0.5) is 11.7 Å². The van der Waals surface area contributed by atoms with Crippen LogP contribution in [0.15, 0.2) is 22.6 Å². The average molecular weight is 275 g/mol. The first kappa shape index (κ1) is 12.9. The molecule has 2 aromatic rings. The number of benzene rings is 1. The van der Waals surface area contributed by atoms with Crippen LogP contribution in [0, 0.1) is 16.0 Å². The highest BCUT2D eigenvalue weighted by molar-refractivity contribution is 5.84. The number of fused-ring (bicyclic) bond motifs is 1. The summed E-state index contributed by atoms with van der Waals surface area (Å²) in [5.74, 6) is 0.625. The van der Waals surface area contributed by atoms with E-state index in [0.29, 0.717) is 23.0 Å². The summed E-state index contributed by atoms with van der Waals surface area (Å²) >= 11 is 0. The lowest BCUT2D eigenvalue weighted by Crippen LogP contribution is -2.23. The molecule has 106 valence electrons. The zero-order chi connectivity index (χ0) is 14.1. The summed E-state index contributed by atoms with van der Waals surface area (Å²) in [7, 11) is 0. The Bertz CT molecular complexity index is 632. The second-order valence-electron chi connectivity index (χ2n) is 5.38. The minimum absolute atomic E-state index is 0.0205. The fraction of sp³-hybridized carbons (Fsp3) is 0.500. The van der Waals surface area contributed by atoms with Gasteiger partial charge in [0, 0.05) is 12.1 Å². The Balaban J connectivity index is 1.85. The van der Waals surface area contributed by atoms with Gasteiger partial charge in [0.05, 0.1) is 4.92 Å². The van der Waals surface area contributed by atoms with E-state index in [1.165, 1.54) is 31.7 Å². The zero-order valence-electron chi connectivity index (χ0n) is 11.3. The van der Waals surface area contributed by atoms with E-state index in [0.717, 1.165) is 0 Å². The molecule has 1 aliphatic carbocycles. The van der Waals surface area contributed by atoms with Crippen LogP contribution in [-0.2, 0) is 0 Å². The summed E-state index contributed by atoms with van der Waals surface area (Å²) in [5.41, 5.74) is 0.728. The number of hydrogen-bond donors (Lipinski definition) is 1. The lowest BCUT2D eigenvalue weighted by Gasteiger charge is -2.18. The smallest absolute Gasteiger partial charge is 0.298 e. The zero-order valence-corrected chi connectivity index (χ0v) is 11.3. The third-order valence-electron chi connectivity index (χ3n) is 4.05. The number of aromatic nitrogens is 1. The Morgan fingerprint density at radius 1 is 1.45 bits per heavy atom. The third-order valence-corrected chi connectivity index (χ3v) is 4.05. The second kappa shape index (κ2) is 5.11. The standard InChI is InChI=1S/C14H17N3O3/c1-9(10-5-2-3-6-10)15-14-16-13-11(17(18)19)7-4-8-12(13)20-14/h4,7-10H,2-3,5-6H2,1H3,(H,15,16). The van der Waals surface area contributed by atoms with Gasteiger partial charge in [-0.15, -0.1) is 0 Å². The van der Waals surface area contributed by atoms with Gasteiger partial charge in [-0.1, -0.05) is 18.9 Å². The summed E-state index contributed by atoms with van der Waals surface area (Å²) < 4.78 is 5.56. The molecule has 1 unspecified atom stereocenters. The number of anilines is 1. The van der Waals surface area contributed by atoms with Gasteiger partial charge in [0.1, 0.15) is 0 Å². The molecule has 6 nitrogen and oxygen atoms in total. The molecule has 1 N–H and O–H groups in total. The lowest BCUT2D eigenvalue weighted by atomic mass is 10.0. The highest BCUT2D eigenvalue weighted by Gasteiger charge is 2.23. The number of para-hydroxylation sites is 1. The molecule has 20 heavy (non-hydrogen) atoms. The number of non-ortho nitro benzene ring substituents is 1. The predicted molar refractivity (Wildman–Crippen MR) is 75.7 cm³/mol. The van der Waals surface area contributed by atoms with Crippen molar-refractivity contribution in [1.82, 2.24) is 4.98 Å². The van der Waals surface area contributed by atoms with Crippen LogP contribution in [0.3, 0.4) is 0 Å². The van der Waals surface area contributed by atoms with Crippen molar-refractivity contribution in [2.75, 3.05) is 5.32 Å². The number of nitro benzene ring substituents is 1. The van der Waals surface area contributed by atoms with E-state index < -0.39 is 4.92 Å². The van der Waals surface area contributed by atoms with Crippen LogP contribution >= 0.6 is 0 Å². The topological polar surface area (TPSA) is 81.2 Å². The van der Waals surface area contributed by atoms with Crippen molar-refractivity contribution in [1.29, 1.82) is 0 Å². The first-order chi connectivity index (χ1) is 9.65. The molecule has 0 amide bonds. The fourth-order valence-electron chi connectivity index (χ4n) is 2.91. The van der Waals surface area contributed by atoms with Gasteiger partial charge >= 0.3 is 0 Å². The highest BCUT2D eigenvalue weighted by atomic mass is 16.6. The molecule has 1 fully saturated rings. The first-order valence-electron chi connectivity index (χ1n) is 6.95. The van der Waals surface area contributed by atoms with Crippen LogP contribution in [0.1, 0.15) is 32.6 Å². The van der Waals surface area contributed by atoms with Gasteiger partial charge in [-0.05, 0) is 31.7 Å². The Hall–Kier alpha value is -2.11. The second-order valence-corrected chi connectivity index (χ2v) is 5.38. The van der Waals surface area contributed by atoms with Gasteiger partial charge in [-0.25, -0.2) is 0 Å². The van der Waals surface area contributed by atoms with Gasteiger partial charge < -0.3 is 9.73 Å². The molecule has 0 aliphatic heterocycles. The maximum absolute atomic E-state index is 11.0. The van der Waals surface area contributed by atoms with Crippen LogP contribution in [0.25, 0.3) is 11.1 Å². The molecule has 3 rings (SSSR count). The molecular formula is C14H17N3O3. The van der Waals surface area contributed by atoms with E-state index in [-0.39, 0.29) is 11.7 Å². The molecule has 6 heteroatoms. The molecule has 1 atom stereocenters. The molecule has 1 aromatic heterocycles. The number of nitrogens with zero attached hydrogens (tertiary/aromatic N) is 2. The van der Waals surface area contributed by atoms with Gasteiger partial charge in [-0.3, -0.25) is 10.1 Å². The highest BCUT2D eigenvalue weighted by Crippen LogP contribution is 2.31. The number of nitrogens with one attached hydrogen (secondary N) is 1. The maximum Gasteiger partial charge on any atom is 0.298 e. The van der Waals surface area contributed by atoms with Gasteiger partial charge in [0.2, 0.25) is 0 Å². The van der Waals surface area contributed by atoms with Gasteiger partial charge in [0.25, 0.3) is 11.7 Å². The van der Waals surface area contributed by atoms with Crippen molar-refractivity contribution in [2.24, 2.45) is 5.92 Å². The summed E-state index contributed by atoms with van der Waals surface area (Å²) in [5, 5.41) is 14.2. The quantitative estimate of drug-likeness (QED) is 0.679. The average Bonchev–Trinajstić information content (AvgIpc) is 3.06. The van der Waals surface area contributed by atoms with E-state index >= 15 is 0 Å². The van der Waals surface area contributed by atoms with E-state index in [1.54, 1.807) is 12.1 Å². The van der Waals surface area contributed by atoms with Crippen LogP contribution < -0.4 is 5.32 Å². The minimum Gasteiger partial charge on any atom is -0.423 e. The fourth-order valence-corrected chi connectivity index (χ4v) is 2.91. The summed E-state index contributed by atoms with van der Waals surface area (Å²) in [6, 6.07) is 5.38. The van der Waals surface area contributed by atoms with Crippen molar-refractivity contribution in [3.8, 4) is 0 Å². The Morgan fingerprint density at radius 2 is 2.20 bits per heavy atom. The van der Waals surface area contributed by atoms with E-state index in [9.17, 15) is 10.1 Å². The minimum atomic E-state index is -0.435. The molecule has 1 heterocycles. The van der Waals surface area contributed by atoms with Crippen molar-refractivity contribution >= 4 is 22.8 Å². The molecule has 0 saturated heterocycles. The number of nitro groups is 1. The number of oxazole rings is 1. The summed E-state index contributed by atoms with van der Waals surface area (Å²) in [4.78, 5) is 14.7. The number of hydrogen-bond acceptors (Lipinski definition) is 5. The summed E-state index contributed by atoms with van der Waals surface area (Å²) in [6.07, 6.45) is 4.98. The predicted octanol–water partition coefficient (Wildman–Crippen LogP) is 3.73. The van der Waals surface area contributed by atoms with Crippen molar-refractivity contribution in [3.63, 3.8) is 0 Å².